The highest BCUT2D eigenvalue weighted by Crippen LogP contribution is 2.51. The Morgan fingerprint density at radius 1 is 0.522 bits per heavy atom. The summed E-state index contributed by atoms with van der Waals surface area (Å²) < 4.78 is 143. The molecule has 0 aliphatic heterocycles. The minimum Gasteiger partial charge on any atom is -0.455 e. The van der Waals surface area contributed by atoms with Crippen LogP contribution >= 0.6 is 0 Å². The Bertz CT molecular complexity index is 3490. The van der Waals surface area contributed by atoms with Crippen molar-refractivity contribution < 1.29 is 25.0 Å². The van der Waals surface area contributed by atoms with Crippen molar-refractivity contribution >= 4 is 54.3 Å². The molecule has 1 aliphatic carbocycles. The van der Waals surface area contributed by atoms with Crippen LogP contribution in [0.25, 0.3) is 87.6 Å². The monoisotopic (exact) mass is 601 g/mol. The molecule has 1 aromatic heterocycles. The molecule has 0 spiro atoms. The van der Waals surface area contributed by atoms with Gasteiger partial charge in [-0.25, -0.2) is 0 Å². The molecule has 8 aromatic carbocycles. The van der Waals surface area contributed by atoms with E-state index in [9.17, 15) is 9.60 Å². The molecule has 0 atom stereocenters. The summed E-state index contributed by atoms with van der Waals surface area (Å²) in [6.45, 7) is 3.29. The molecule has 0 fully saturated rings. The second-order valence-electron chi connectivity index (χ2n) is 12.1. The van der Waals surface area contributed by atoms with Crippen LogP contribution in [0.3, 0.4) is 0 Å². The minimum atomic E-state index is -1.29. The van der Waals surface area contributed by atoms with Gasteiger partial charge in [-0.05, 0) is 95.7 Å². The molecule has 0 N–H and O–H groups in total. The van der Waals surface area contributed by atoms with E-state index in [0.29, 0.717) is 22.1 Å². The van der Waals surface area contributed by atoms with Gasteiger partial charge in [-0.3, -0.25) is 0 Å². The molecular formula is C45H30O. The SMILES string of the molecule is [2H]c1c([2H])c([2H])c2c(c1[2H])-c1c([2H])c(-c3c4c([2H])c([2H])c([2H])c([2H])c4c(-c4ccc5oc6c7ccccc7ccc6c5c4)c4c([2H])c([2H])c([2H])c([2H])c34)c([2H])c([2H])c1C2(C)C. The van der Waals surface area contributed by atoms with Gasteiger partial charge in [0.2, 0.25) is 0 Å². The quantitative estimate of drug-likeness (QED) is 0.180. The second kappa shape index (κ2) is 9.19. The predicted octanol–water partition coefficient (Wildman–Crippen LogP) is 12.7. The van der Waals surface area contributed by atoms with E-state index in [-0.39, 0.29) is 66.5 Å². The molecule has 0 radical (unpaired) electrons. The molecular weight excluding hydrogens is 556 g/mol. The first-order valence-corrected chi connectivity index (χ1v) is 14.9. The van der Waals surface area contributed by atoms with E-state index in [0.717, 1.165) is 16.2 Å². The standard InChI is InChI=1S/C45H30O/c1-45(2)39-18-10-9-13-31(39)37-25-28(20-23-40(37)45)42-32-14-5-7-16-34(32)43(35-17-8-6-15-33(35)42)29-21-24-41-38(26-29)36-22-19-27-11-3-4-12-30(27)44(36)46-41/h3-26H,1-2H3/i5D,6D,7D,8D,9D,10D,13D,14D,15D,16D,17D,18D,20D,23D,25D. The summed E-state index contributed by atoms with van der Waals surface area (Å²) >= 11 is 0. The molecule has 1 heteroatoms. The lowest BCUT2D eigenvalue weighted by Gasteiger charge is -2.22. The van der Waals surface area contributed by atoms with Crippen LogP contribution in [0.2, 0.25) is 0 Å². The van der Waals surface area contributed by atoms with Crippen LogP contribution in [0.5, 0.6) is 0 Å². The van der Waals surface area contributed by atoms with Gasteiger partial charge in [-0.1, -0.05) is 135 Å². The van der Waals surface area contributed by atoms with Crippen molar-refractivity contribution in [2.24, 2.45) is 0 Å². The Balaban J connectivity index is 1.44. The Hall–Kier alpha value is -5.66. The third kappa shape index (κ3) is 3.40. The van der Waals surface area contributed by atoms with Gasteiger partial charge in [0.1, 0.15) is 11.2 Å². The molecule has 46 heavy (non-hydrogen) atoms. The first-order chi connectivity index (χ1) is 28.8. The van der Waals surface area contributed by atoms with Crippen molar-refractivity contribution in [3.63, 3.8) is 0 Å². The topological polar surface area (TPSA) is 13.1 Å². The molecule has 0 bridgehead atoms. The normalized spacial score (nSPS) is 18.2. The van der Waals surface area contributed by atoms with E-state index in [1.54, 1.807) is 32.0 Å². The molecule has 0 amide bonds. The maximum atomic E-state index is 9.87. The van der Waals surface area contributed by atoms with Crippen LogP contribution in [0.15, 0.2) is 150 Å². The average molecular weight is 602 g/mol. The van der Waals surface area contributed by atoms with Gasteiger partial charge in [0, 0.05) is 21.6 Å². The van der Waals surface area contributed by atoms with Crippen LogP contribution < -0.4 is 0 Å². The summed E-state index contributed by atoms with van der Waals surface area (Å²) in [6, 6.07) is 8.25. The fourth-order valence-electron chi connectivity index (χ4n) is 7.10. The first-order valence-electron chi connectivity index (χ1n) is 22.4. The van der Waals surface area contributed by atoms with Crippen LogP contribution in [0.4, 0.5) is 0 Å². The van der Waals surface area contributed by atoms with E-state index < -0.39 is 90.0 Å². The zero-order valence-electron chi connectivity index (χ0n) is 39.6. The zero-order chi connectivity index (χ0) is 43.6. The largest absolute Gasteiger partial charge is 0.455 e. The van der Waals surface area contributed by atoms with E-state index >= 15 is 0 Å². The van der Waals surface area contributed by atoms with Crippen molar-refractivity contribution in [3.8, 4) is 33.4 Å². The molecule has 1 heterocycles. The Kier molecular flexibility index (Phi) is 3.01. The van der Waals surface area contributed by atoms with Gasteiger partial charge in [0.25, 0.3) is 0 Å². The first kappa shape index (κ1) is 15.1. The van der Waals surface area contributed by atoms with Crippen LogP contribution in [0.1, 0.15) is 45.5 Å². The summed E-state index contributed by atoms with van der Waals surface area (Å²) in [6.07, 6.45) is 0. The summed E-state index contributed by atoms with van der Waals surface area (Å²) in [5, 5.41) is 2.38. The summed E-state index contributed by atoms with van der Waals surface area (Å²) in [5.41, 5.74) is -0.376. The van der Waals surface area contributed by atoms with Crippen LogP contribution in [-0.4, -0.2) is 0 Å². The summed E-state index contributed by atoms with van der Waals surface area (Å²) in [7, 11) is 0. The number of furan rings is 1. The zero-order valence-corrected chi connectivity index (χ0v) is 24.6. The molecule has 9 aromatic rings. The lowest BCUT2D eigenvalue weighted by atomic mass is 9.81. The maximum absolute atomic E-state index is 9.87. The Morgan fingerprint density at radius 3 is 1.93 bits per heavy atom. The van der Waals surface area contributed by atoms with Gasteiger partial charge in [-0.15, -0.1) is 0 Å². The van der Waals surface area contributed by atoms with E-state index in [1.165, 1.54) is 0 Å². The van der Waals surface area contributed by atoms with E-state index in [1.807, 2.05) is 36.4 Å². The average Bonchev–Trinajstić information content (AvgIpc) is 3.75. The van der Waals surface area contributed by atoms with Gasteiger partial charge >= 0.3 is 0 Å². The van der Waals surface area contributed by atoms with Crippen molar-refractivity contribution in [1.29, 1.82) is 0 Å². The lowest BCUT2D eigenvalue weighted by Crippen LogP contribution is -2.14. The summed E-state index contributed by atoms with van der Waals surface area (Å²) in [4.78, 5) is 0. The number of hydrogen-bond donors (Lipinski definition) is 0. The van der Waals surface area contributed by atoms with Crippen molar-refractivity contribution in [1.82, 2.24) is 0 Å². The fourth-order valence-corrected chi connectivity index (χ4v) is 7.10. The highest BCUT2D eigenvalue weighted by Gasteiger charge is 2.35. The fraction of sp³-hybridized carbons (Fsp3) is 0.0667. The van der Waals surface area contributed by atoms with Crippen molar-refractivity contribution in [2.75, 3.05) is 0 Å². The van der Waals surface area contributed by atoms with Crippen molar-refractivity contribution in [2.45, 2.75) is 19.3 Å². The highest BCUT2D eigenvalue weighted by molar-refractivity contribution is 6.23. The predicted molar refractivity (Wildman–Crippen MR) is 195 cm³/mol. The third-order valence-electron chi connectivity index (χ3n) is 9.28. The molecule has 216 valence electrons. The van der Waals surface area contributed by atoms with E-state index in [2.05, 4.69) is 0 Å². The number of fused-ring (bicyclic) bond motifs is 10. The van der Waals surface area contributed by atoms with Gasteiger partial charge < -0.3 is 4.42 Å². The van der Waals surface area contributed by atoms with Crippen LogP contribution in [0, 0.1) is 0 Å². The molecule has 10 rings (SSSR count). The summed E-state index contributed by atoms with van der Waals surface area (Å²) in [5.74, 6) is 0. The lowest BCUT2D eigenvalue weighted by molar-refractivity contribution is 0.660. The van der Waals surface area contributed by atoms with Crippen LogP contribution in [-0.2, 0) is 5.41 Å². The molecule has 0 unspecified atom stereocenters. The minimum absolute atomic E-state index is 0.0480. The number of hydrogen-bond acceptors (Lipinski definition) is 1. The maximum Gasteiger partial charge on any atom is 0.143 e. The Morgan fingerprint density at radius 2 is 1.17 bits per heavy atom. The number of benzene rings is 8. The van der Waals surface area contributed by atoms with Gasteiger partial charge in [0.15, 0.2) is 0 Å². The molecule has 0 saturated carbocycles. The van der Waals surface area contributed by atoms with Crippen molar-refractivity contribution in [3.05, 3.63) is 156 Å². The smallest absolute Gasteiger partial charge is 0.143 e. The Labute approximate surface area is 288 Å². The number of rotatable bonds is 2. The molecule has 1 aliphatic rings. The third-order valence-corrected chi connectivity index (χ3v) is 9.28. The molecule has 0 saturated heterocycles. The van der Waals surface area contributed by atoms with Gasteiger partial charge in [-0.2, -0.15) is 0 Å². The highest BCUT2D eigenvalue weighted by atomic mass is 16.3. The molecule has 1 nitrogen and oxygen atoms in total. The van der Waals surface area contributed by atoms with E-state index in [4.69, 9.17) is 15.4 Å². The second-order valence-corrected chi connectivity index (χ2v) is 12.1. The van der Waals surface area contributed by atoms with Gasteiger partial charge in [0.05, 0.1) is 20.6 Å².